The molecule has 16 heavy (non-hydrogen) atoms. The van der Waals surface area contributed by atoms with Crippen LogP contribution in [-0.4, -0.2) is 20.5 Å². The molecule has 0 aliphatic heterocycles. The third-order valence-corrected chi connectivity index (χ3v) is 2.74. The number of nitrogens with two attached hydrogens (primary N) is 1. The van der Waals surface area contributed by atoms with Gasteiger partial charge in [0.05, 0.1) is 4.88 Å². The van der Waals surface area contributed by atoms with Crippen LogP contribution in [0.4, 0.5) is 5.82 Å². The average Bonchev–Trinajstić information content (AvgIpc) is 2.96. The molecule has 7 nitrogen and oxygen atoms in total. The number of nitrogen functional groups attached to an aromatic ring is 1. The molecule has 0 bridgehead atoms. The molecule has 0 atom stereocenters. The van der Waals surface area contributed by atoms with Crippen LogP contribution in [0.5, 0.6) is 0 Å². The van der Waals surface area contributed by atoms with Gasteiger partial charge in [-0.05, 0) is 21.8 Å². The number of hydrogen-bond donors (Lipinski definition) is 1. The lowest BCUT2D eigenvalue weighted by Gasteiger charge is -1.83. The molecule has 3 rings (SSSR count). The summed E-state index contributed by atoms with van der Waals surface area (Å²) in [7, 11) is 0. The zero-order valence-corrected chi connectivity index (χ0v) is 8.64. The van der Waals surface area contributed by atoms with E-state index in [9.17, 15) is 0 Å². The number of nitrogens with zero attached hydrogens (tertiary/aromatic N) is 4. The number of aromatic nitrogens is 4. The van der Waals surface area contributed by atoms with Crippen molar-refractivity contribution in [3.8, 4) is 22.3 Å². The molecule has 0 amide bonds. The Hall–Kier alpha value is -2.22. The summed E-state index contributed by atoms with van der Waals surface area (Å²) in [6.07, 6.45) is 0. The third-order valence-electron chi connectivity index (χ3n) is 1.88. The van der Waals surface area contributed by atoms with E-state index in [1.165, 1.54) is 11.3 Å². The third kappa shape index (κ3) is 1.36. The SMILES string of the molecule is Nc1nonc1-c1noc(-c2cccs2)n1. The minimum atomic E-state index is 0.138. The first-order valence-corrected chi connectivity index (χ1v) is 5.18. The summed E-state index contributed by atoms with van der Waals surface area (Å²) in [5.41, 5.74) is 5.80. The molecule has 2 N–H and O–H groups in total. The van der Waals surface area contributed by atoms with Gasteiger partial charge in [0.15, 0.2) is 11.5 Å². The van der Waals surface area contributed by atoms with E-state index in [4.69, 9.17) is 10.3 Å². The van der Waals surface area contributed by atoms with Gasteiger partial charge in [0.2, 0.25) is 5.82 Å². The van der Waals surface area contributed by atoms with Gasteiger partial charge in [-0.15, -0.1) is 11.3 Å². The fourth-order valence-corrected chi connectivity index (χ4v) is 1.82. The van der Waals surface area contributed by atoms with Crippen LogP contribution in [0.15, 0.2) is 26.7 Å². The normalized spacial score (nSPS) is 10.8. The second-order valence-corrected chi connectivity index (χ2v) is 3.85. The summed E-state index contributed by atoms with van der Waals surface area (Å²) in [6.45, 7) is 0. The van der Waals surface area contributed by atoms with Gasteiger partial charge >= 0.3 is 0 Å². The maximum absolute atomic E-state index is 5.51. The van der Waals surface area contributed by atoms with Gasteiger partial charge in [0.25, 0.3) is 5.89 Å². The van der Waals surface area contributed by atoms with Crippen molar-refractivity contribution >= 4 is 17.2 Å². The molecule has 0 aliphatic rings. The molecule has 3 heterocycles. The second kappa shape index (κ2) is 3.42. The highest BCUT2D eigenvalue weighted by Gasteiger charge is 2.17. The van der Waals surface area contributed by atoms with E-state index in [2.05, 4.69) is 25.1 Å². The van der Waals surface area contributed by atoms with Crippen LogP contribution in [0.1, 0.15) is 0 Å². The van der Waals surface area contributed by atoms with E-state index < -0.39 is 0 Å². The van der Waals surface area contributed by atoms with Crippen molar-refractivity contribution in [2.24, 2.45) is 0 Å². The molecule has 3 aromatic rings. The van der Waals surface area contributed by atoms with Gasteiger partial charge in [-0.1, -0.05) is 11.2 Å². The Morgan fingerprint density at radius 2 is 2.19 bits per heavy atom. The van der Waals surface area contributed by atoms with Crippen molar-refractivity contribution in [1.29, 1.82) is 0 Å². The molecule has 0 unspecified atom stereocenters. The number of thiophene rings is 1. The van der Waals surface area contributed by atoms with E-state index in [1.807, 2.05) is 17.5 Å². The topological polar surface area (TPSA) is 104 Å². The monoisotopic (exact) mass is 235 g/mol. The van der Waals surface area contributed by atoms with Gasteiger partial charge < -0.3 is 10.3 Å². The summed E-state index contributed by atoms with van der Waals surface area (Å²) in [4.78, 5) is 5.03. The predicted octanol–water partition coefficient (Wildman–Crippen LogP) is 1.43. The van der Waals surface area contributed by atoms with Crippen LogP contribution in [-0.2, 0) is 0 Å². The Balaban J connectivity index is 2.03. The number of hydrogen-bond acceptors (Lipinski definition) is 8. The van der Waals surface area contributed by atoms with Crippen molar-refractivity contribution in [2.45, 2.75) is 0 Å². The van der Waals surface area contributed by atoms with Gasteiger partial charge in [0, 0.05) is 0 Å². The van der Waals surface area contributed by atoms with Crippen molar-refractivity contribution < 1.29 is 9.15 Å². The molecule has 0 saturated carbocycles. The summed E-state index contributed by atoms with van der Waals surface area (Å²) in [5, 5.41) is 12.7. The fraction of sp³-hybridized carbons (Fsp3) is 0. The Kier molecular flexibility index (Phi) is 1.93. The largest absolute Gasteiger partial charge is 0.379 e. The second-order valence-electron chi connectivity index (χ2n) is 2.90. The molecule has 0 saturated heterocycles. The number of anilines is 1. The molecule has 0 aromatic carbocycles. The number of rotatable bonds is 2. The highest BCUT2D eigenvalue weighted by atomic mass is 32.1. The Bertz CT molecular complexity index is 600. The van der Waals surface area contributed by atoms with Crippen LogP contribution in [0.2, 0.25) is 0 Å². The van der Waals surface area contributed by atoms with Crippen LogP contribution in [0.3, 0.4) is 0 Å². The maximum atomic E-state index is 5.51. The molecule has 3 aromatic heterocycles. The summed E-state index contributed by atoms with van der Waals surface area (Å²) in [6, 6.07) is 3.78. The molecule has 0 radical (unpaired) electrons. The first-order valence-electron chi connectivity index (χ1n) is 4.30. The first kappa shape index (κ1) is 9.04. The van der Waals surface area contributed by atoms with Crippen molar-refractivity contribution in [2.75, 3.05) is 5.73 Å². The standard InChI is InChI=1S/C8H5N5O2S/c9-6-5(11-15-12-6)7-10-8(14-13-7)4-2-1-3-16-4/h1-3H,(H2,9,12). The highest BCUT2D eigenvalue weighted by molar-refractivity contribution is 7.13. The van der Waals surface area contributed by atoms with Crippen LogP contribution in [0, 0.1) is 0 Å². The van der Waals surface area contributed by atoms with Gasteiger partial charge in [-0.3, -0.25) is 0 Å². The molecule has 0 spiro atoms. The van der Waals surface area contributed by atoms with Gasteiger partial charge in [-0.25, -0.2) is 4.63 Å². The van der Waals surface area contributed by atoms with Gasteiger partial charge in [-0.2, -0.15) is 4.98 Å². The quantitative estimate of drug-likeness (QED) is 0.716. The van der Waals surface area contributed by atoms with E-state index in [0.29, 0.717) is 5.89 Å². The van der Waals surface area contributed by atoms with E-state index >= 15 is 0 Å². The minimum Gasteiger partial charge on any atom is -0.379 e. The minimum absolute atomic E-state index is 0.138. The molecular weight excluding hydrogens is 230 g/mol. The lowest BCUT2D eigenvalue weighted by Crippen LogP contribution is -1.89. The molecule has 0 aliphatic carbocycles. The lowest BCUT2D eigenvalue weighted by molar-refractivity contribution is 0.310. The zero-order chi connectivity index (χ0) is 11.0. The zero-order valence-electron chi connectivity index (χ0n) is 7.82. The van der Waals surface area contributed by atoms with Crippen molar-refractivity contribution in [1.82, 2.24) is 20.5 Å². The molecule has 0 fully saturated rings. The Morgan fingerprint density at radius 3 is 2.88 bits per heavy atom. The smallest absolute Gasteiger partial charge is 0.268 e. The Labute approximate surface area is 92.8 Å². The predicted molar refractivity (Wildman–Crippen MR) is 55.3 cm³/mol. The Morgan fingerprint density at radius 1 is 1.25 bits per heavy atom. The summed E-state index contributed by atoms with van der Waals surface area (Å²) >= 11 is 1.50. The van der Waals surface area contributed by atoms with Crippen LogP contribution in [0.25, 0.3) is 22.3 Å². The van der Waals surface area contributed by atoms with Gasteiger partial charge in [0.1, 0.15) is 0 Å². The van der Waals surface area contributed by atoms with Crippen LogP contribution < -0.4 is 5.73 Å². The van der Waals surface area contributed by atoms with Crippen molar-refractivity contribution in [3.05, 3.63) is 17.5 Å². The van der Waals surface area contributed by atoms with Crippen molar-refractivity contribution in [3.63, 3.8) is 0 Å². The van der Waals surface area contributed by atoms with E-state index in [1.54, 1.807) is 0 Å². The maximum Gasteiger partial charge on any atom is 0.268 e. The highest BCUT2D eigenvalue weighted by Crippen LogP contribution is 2.26. The first-order chi connectivity index (χ1) is 7.84. The summed E-state index contributed by atoms with van der Waals surface area (Å²) < 4.78 is 9.53. The van der Waals surface area contributed by atoms with E-state index in [0.717, 1.165) is 4.88 Å². The summed E-state index contributed by atoms with van der Waals surface area (Å²) in [5.74, 6) is 0.827. The van der Waals surface area contributed by atoms with E-state index in [-0.39, 0.29) is 17.3 Å². The fourth-order valence-electron chi connectivity index (χ4n) is 1.17. The molecule has 8 heteroatoms. The molecular formula is C8H5N5O2S. The van der Waals surface area contributed by atoms with Crippen LogP contribution >= 0.6 is 11.3 Å². The molecule has 80 valence electrons. The average molecular weight is 235 g/mol. The lowest BCUT2D eigenvalue weighted by atomic mass is 10.4.